The van der Waals surface area contributed by atoms with Crippen LogP contribution in [-0.2, 0) is 13.0 Å². The third-order valence-electron chi connectivity index (χ3n) is 9.94. The van der Waals surface area contributed by atoms with Gasteiger partial charge in [0.1, 0.15) is 18.6 Å². The fourth-order valence-corrected chi connectivity index (χ4v) is 8.36. The number of hydrogen-bond donors (Lipinski definition) is 1. The molecule has 3 unspecified atom stereocenters. The number of anilines is 2. The summed E-state index contributed by atoms with van der Waals surface area (Å²) in [5.74, 6) is 1.03. The van der Waals surface area contributed by atoms with Crippen LogP contribution in [0.4, 0.5) is 15.9 Å². The van der Waals surface area contributed by atoms with Crippen molar-refractivity contribution in [2.45, 2.75) is 68.9 Å². The first-order valence-electron chi connectivity index (χ1n) is 14.9. The summed E-state index contributed by atoms with van der Waals surface area (Å²) >= 11 is 6.71. The first-order chi connectivity index (χ1) is 19.5. The predicted octanol–water partition coefficient (Wildman–Crippen LogP) is 4.74. The minimum atomic E-state index is -0.777. The summed E-state index contributed by atoms with van der Waals surface area (Å²) in [6, 6.07) is 13.9. The summed E-state index contributed by atoms with van der Waals surface area (Å²) < 4.78 is 20.8. The molecule has 210 valence electrons. The Bertz CT molecular complexity index is 1440. The molecular formula is C31H36ClFN6O. The molecule has 6 heterocycles. The van der Waals surface area contributed by atoms with E-state index in [1.165, 1.54) is 18.4 Å². The Kier molecular flexibility index (Phi) is 6.08. The van der Waals surface area contributed by atoms with Crippen LogP contribution in [0.5, 0.6) is 6.01 Å². The Morgan fingerprint density at radius 3 is 2.70 bits per heavy atom. The van der Waals surface area contributed by atoms with E-state index in [1.807, 2.05) is 12.1 Å². The highest BCUT2D eigenvalue weighted by atomic mass is 35.5. The van der Waals surface area contributed by atoms with Crippen molar-refractivity contribution in [1.82, 2.24) is 20.2 Å². The quantitative estimate of drug-likeness (QED) is 0.482. The highest BCUT2D eigenvalue weighted by Crippen LogP contribution is 2.41. The third-order valence-corrected chi connectivity index (χ3v) is 10.3. The van der Waals surface area contributed by atoms with Gasteiger partial charge in [-0.3, -0.25) is 4.90 Å². The molecule has 1 N–H and O–H groups in total. The number of aromatic nitrogens is 2. The van der Waals surface area contributed by atoms with Crippen molar-refractivity contribution in [3.63, 3.8) is 0 Å². The van der Waals surface area contributed by atoms with Crippen LogP contribution in [0.3, 0.4) is 0 Å². The second-order valence-corrected chi connectivity index (χ2v) is 12.9. The fraction of sp³-hybridized carbons (Fsp3) is 0.548. The smallest absolute Gasteiger partial charge is 0.318 e. The third kappa shape index (κ3) is 4.22. The Morgan fingerprint density at radius 2 is 1.85 bits per heavy atom. The van der Waals surface area contributed by atoms with Crippen molar-refractivity contribution >= 4 is 33.9 Å². The average molecular weight is 563 g/mol. The molecule has 4 saturated heterocycles. The maximum Gasteiger partial charge on any atom is 0.318 e. The highest BCUT2D eigenvalue weighted by Gasteiger charge is 2.49. The van der Waals surface area contributed by atoms with E-state index in [-0.39, 0.29) is 5.54 Å². The maximum atomic E-state index is 14.4. The van der Waals surface area contributed by atoms with Crippen LogP contribution < -0.4 is 19.9 Å². The summed E-state index contributed by atoms with van der Waals surface area (Å²) in [5, 5.41) is 6.74. The van der Waals surface area contributed by atoms with Gasteiger partial charge in [-0.05, 0) is 56.2 Å². The van der Waals surface area contributed by atoms with Crippen molar-refractivity contribution in [1.29, 1.82) is 0 Å². The number of alkyl halides is 1. The molecule has 9 heteroatoms. The standard InChI is InChI=1S/C31H36ClFN6O/c32-25-6-1-4-20-5-2-7-27(28(20)25)37-13-10-24-26(18-37)35-30(36-29(24)38-16-22-8-9-23(17-38)34-22)40-19-31-11-3-12-39(31)15-21(33)14-31/h1-2,4-7,21-23,34H,3,8-19H2/t21-,22?,23?,31?/m1/s1. The first-order valence-corrected chi connectivity index (χ1v) is 15.3. The molecule has 3 aromatic rings. The molecule has 0 aliphatic carbocycles. The minimum absolute atomic E-state index is 0.223. The number of hydrogen-bond acceptors (Lipinski definition) is 7. The molecule has 0 radical (unpaired) electrons. The Labute approximate surface area is 239 Å². The van der Waals surface area contributed by atoms with Gasteiger partial charge < -0.3 is 19.9 Å². The Hall–Kier alpha value is -2.68. The topological polar surface area (TPSA) is 56.8 Å². The van der Waals surface area contributed by atoms with E-state index in [0.29, 0.717) is 44.2 Å². The van der Waals surface area contributed by atoms with Crippen LogP contribution in [0.1, 0.15) is 43.4 Å². The number of ether oxygens (including phenoxy) is 1. The molecule has 5 aliphatic heterocycles. The van der Waals surface area contributed by atoms with E-state index in [4.69, 9.17) is 26.3 Å². The molecule has 40 heavy (non-hydrogen) atoms. The van der Waals surface area contributed by atoms with Crippen molar-refractivity contribution in [2.75, 3.05) is 49.1 Å². The molecule has 2 bridgehead atoms. The van der Waals surface area contributed by atoms with Crippen molar-refractivity contribution in [3.05, 3.63) is 52.7 Å². The number of halogens is 2. The van der Waals surface area contributed by atoms with Crippen molar-refractivity contribution in [2.24, 2.45) is 0 Å². The molecule has 1 aromatic heterocycles. The molecule has 8 rings (SSSR count). The average Bonchev–Trinajstić information content (AvgIpc) is 3.61. The summed E-state index contributed by atoms with van der Waals surface area (Å²) in [6.07, 6.45) is 5.14. The second-order valence-electron chi connectivity index (χ2n) is 12.4. The monoisotopic (exact) mass is 562 g/mol. The van der Waals surface area contributed by atoms with Gasteiger partial charge in [-0.1, -0.05) is 35.9 Å². The number of nitrogens with one attached hydrogen (secondary N) is 1. The van der Waals surface area contributed by atoms with Crippen molar-refractivity contribution < 1.29 is 9.13 Å². The molecule has 4 fully saturated rings. The zero-order valence-corrected chi connectivity index (χ0v) is 23.5. The fourth-order valence-electron chi connectivity index (χ4n) is 8.08. The zero-order valence-electron chi connectivity index (χ0n) is 22.8. The normalized spacial score (nSPS) is 29.7. The van der Waals surface area contributed by atoms with Gasteiger partial charge in [0, 0.05) is 61.3 Å². The number of benzene rings is 2. The molecule has 5 aliphatic rings. The Balaban J connectivity index is 1.14. The van der Waals surface area contributed by atoms with E-state index < -0.39 is 6.17 Å². The van der Waals surface area contributed by atoms with Crippen LogP contribution in [0, 0.1) is 0 Å². The van der Waals surface area contributed by atoms with Gasteiger partial charge >= 0.3 is 6.01 Å². The summed E-state index contributed by atoms with van der Waals surface area (Å²) in [5.41, 5.74) is 3.18. The molecule has 0 spiro atoms. The van der Waals surface area contributed by atoms with Gasteiger partial charge in [-0.2, -0.15) is 9.97 Å². The number of fused-ring (bicyclic) bond motifs is 5. The lowest BCUT2D eigenvalue weighted by molar-refractivity contribution is 0.107. The number of piperazine rings is 1. The van der Waals surface area contributed by atoms with Crippen LogP contribution in [0.15, 0.2) is 36.4 Å². The van der Waals surface area contributed by atoms with Gasteiger partial charge in [0.05, 0.1) is 22.8 Å². The first kappa shape index (κ1) is 25.1. The maximum absolute atomic E-state index is 14.4. The van der Waals surface area contributed by atoms with Crippen molar-refractivity contribution in [3.8, 4) is 6.01 Å². The molecule has 4 atom stereocenters. The van der Waals surface area contributed by atoms with Gasteiger partial charge in [0.25, 0.3) is 0 Å². The van der Waals surface area contributed by atoms with Crippen LogP contribution in [-0.4, -0.2) is 78.0 Å². The predicted molar refractivity (Wildman–Crippen MR) is 156 cm³/mol. The molecular weight excluding hydrogens is 527 g/mol. The number of rotatable bonds is 5. The lowest BCUT2D eigenvalue weighted by Crippen LogP contribution is -2.52. The Morgan fingerprint density at radius 1 is 1.02 bits per heavy atom. The van der Waals surface area contributed by atoms with E-state index >= 15 is 0 Å². The largest absolute Gasteiger partial charge is 0.461 e. The summed E-state index contributed by atoms with van der Waals surface area (Å²) in [4.78, 5) is 17.2. The lowest BCUT2D eigenvalue weighted by Gasteiger charge is -2.38. The molecule has 2 aromatic carbocycles. The van der Waals surface area contributed by atoms with E-state index in [9.17, 15) is 4.39 Å². The van der Waals surface area contributed by atoms with Crippen LogP contribution >= 0.6 is 11.6 Å². The molecule has 0 amide bonds. The number of nitrogens with zero attached hydrogens (tertiary/aromatic N) is 5. The summed E-state index contributed by atoms with van der Waals surface area (Å²) in [6.45, 7) is 5.39. The van der Waals surface area contributed by atoms with Gasteiger partial charge in [-0.25, -0.2) is 4.39 Å². The zero-order chi connectivity index (χ0) is 26.8. The molecule has 0 saturated carbocycles. The van der Waals surface area contributed by atoms with Gasteiger partial charge in [0.15, 0.2) is 0 Å². The minimum Gasteiger partial charge on any atom is -0.461 e. The lowest BCUT2D eigenvalue weighted by atomic mass is 9.95. The SMILES string of the molecule is F[C@H]1CN2CCCC2(COc2nc3c(c(N4CC5CCC(C4)N5)n2)CCN(c2cccc4cccc(Cl)c24)C3)C1. The van der Waals surface area contributed by atoms with Crippen LogP contribution in [0.25, 0.3) is 10.8 Å². The summed E-state index contributed by atoms with van der Waals surface area (Å²) in [7, 11) is 0. The van der Waals surface area contributed by atoms with E-state index in [1.54, 1.807) is 0 Å². The molecule has 7 nitrogen and oxygen atoms in total. The van der Waals surface area contributed by atoms with E-state index in [0.717, 1.165) is 78.4 Å². The van der Waals surface area contributed by atoms with Crippen LogP contribution in [0.2, 0.25) is 5.02 Å². The van der Waals surface area contributed by atoms with Gasteiger partial charge in [-0.15, -0.1) is 0 Å². The van der Waals surface area contributed by atoms with E-state index in [2.05, 4.69) is 44.3 Å². The second kappa shape index (κ2) is 9.71. The highest BCUT2D eigenvalue weighted by molar-refractivity contribution is 6.36. The van der Waals surface area contributed by atoms with Gasteiger partial charge in [0.2, 0.25) is 0 Å².